The molecule has 0 aliphatic rings. The summed E-state index contributed by atoms with van der Waals surface area (Å²) < 4.78 is 0. The van der Waals surface area contributed by atoms with E-state index in [1.54, 1.807) is 4.90 Å². The van der Waals surface area contributed by atoms with Crippen LogP contribution in [0.2, 0.25) is 0 Å². The Morgan fingerprint density at radius 2 is 1.93 bits per heavy atom. The minimum absolute atomic E-state index is 0.765. The quantitative estimate of drug-likeness (QED) is 0.628. The lowest BCUT2D eigenvalue weighted by Gasteiger charge is -2.14. The van der Waals surface area contributed by atoms with E-state index >= 15 is 0 Å². The molecule has 0 saturated heterocycles. The summed E-state index contributed by atoms with van der Waals surface area (Å²) in [4.78, 5) is 12.2. The molecule has 0 heterocycles. The molecule has 0 aliphatic heterocycles. The van der Waals surface area contributed by atoms with Crippen molar-refractivity contribution in [2.24, 2.45) is 0 Å². The summed E-state index contributed by atoms with van der Waals surface area (Å²) in [6.45, 7) is 3.63. The van der Waals surface area contributed by atoms with Crippen LogP contribution in [0.15, 0.2) is 30.3 Å². The van der Waals surface area contributed by atoms with Crippen molar-refractivity contribution in [3.63, 3.8) is 0 Å². The summed E-state index contributed by atoms with van der Waals surface area (Å²) in [5, 5.41) is 0. The summed E-state index contributed by atoms with van der Waals surface area (Å²) in [7, 11) is 0. The summed E-state index contributed by atoms with van der Waals surface area (Å²) in [5.74, 6) is 0. The van der Waals surface area contributed by atoms with Crippen LogP contribution in [-0.2, 0) is 11.2 Å². The Morgan fingerprint density at radius 1 is 1.21 bits per heavy atom. The van der Waals surface area contributed by atoms with Gasteiger partial charge in [0.1, 0.15) is 0 Å². The van der Waals surface area contributed by atoms with Crippen LogP contribution in [0, 0.1) is 0 Å². The zero-order valence-corrected chi connectivity index (χ0v) is 8.57. The average Bonchev–Trinajstić information content (AvgIpc) is 2.25. The van der Waals surface area contributed by atoms with Gasteiger partial charge in [0.25, 0.3) is 0 Å². The molecule has 2 heteroatoms. The van der Waals surface area contributed by atoms with Gasteiger partial charge < -0.3 is 4.90 Å². The van der Waals surface area contributed by atoms with Gasteiger partial charge in [-0.3, -0.25) is 4.79 Å². The predicted molar refractivity (Wildman–Crippen MR) is 57.7 cm³/mol. The van der Waals surface area contributed by atoms with Gasteiger partial charge in [0.05, 0.1) is 0 Å². The molecular weight excluding hydrogens is 174 g/mol. The zero-order valence-electron chi connectivity index (χ0n) is 8.57. The van der Waals surface area contributed by atoms with E-state index in [9.17, 15) is 4.79 Å². The molecule has 14 heavy (non-hydrogen) atoms. The SMILES string of the molecule is CCCN([C]=O)CCc1ccccc1. The van der Waals surface area contributed by atoms with Crippen LogP contribution in [-0.4, -0.2) is 24.4 Å². The van der Waals surface area contributed by atoms with E-state index in [0.29, 0.717) is 0 Å². The molecule has 1 radical (unpaired) electrons. The molecule has 0 atom stereocenters. The smallest absolute Gasteiger partial charge is 0.312 e. The minimum Gasteiger partial charge on any atom is -0.334 e. The standard InChI is InChI=1S/C12H16NO/c1-2-9-13(11-14)10-8-12-6-4-3-5-7-12/h3-7H,2,8-10H2,1H3. The van der Waals surface area contributed by atoms with Crippen molar-refractivity contribution in [2.45, 2.75) is 19.8 Å². The monoisotopic (exact) mass is 190 g/mol. The van der Waals surface area contributed by atoms with Gasteiger partial charge in [-0.05, 0) is 18.4 Å². The van der Waals surface area contributed by atoms with Gasteiger partial charge in [-0.15, -0.1) is 0 Å². The molecule has 1 rings (SSSR count). The second kappa shape index (κ2) is 6.19. The predicted octanol–water partition coefficient (Wildman–Crippen LogP) is 2.01. The Balaban J connectivity index is 2.35. The molecule has 0 unspecified atom stereocenters. The van der Waals surface area contributed by atoms with Crippen LogP contribution >= 0.6 is 0 Å². The van der Waals surface area contributed by atoms with E-state index < -0.39 is 0 Å². The third-order valence-electron chi connectivity index (χ3n) is 2.14. The van der Waals surface area contributed by atoms with Crippen molar-refractivity contribution in [1.29, 1.82) is 0 Å². The molecule has 1 aromatic carbocycles. The van der Waals surface area contributed by atoms with E-state index in [1.165, 1.54) is 5.56 Å². The largest absolute Gasteiger partial charge is 0.334 e. The Bertz CT molecular complexity index is 258. The van der Waals surface area contributed by atoms with Gasteiger partial charge in [-0.25, -0.2) is 0 Å². The first-order valence-electron chi connectivity index (χ1n) is 5.03. The van der Waals surface area contributed by atoms with Gasteiger partial charge in [0, 0.05) is 13.1 Å². The number of benzene rings is 1. The first-order chi connectivity index (χ1) is 6.86. The first kappa shape index (κ1) is 10.8. The normalized spacial score (nSPS) is 9.79. The molecule has 2 nitrogen and oxygen atoms in total. The maximum absolute atomic E-state index is 10.5. The highest BCUT2D eigenvalue weighted by Crippen LogP contribution is 2.00. The molecule has 0 spiro atoms. The van der Waals surface area contributed by atoms with Crippen LogP contribution in [0.1, 0.15) is 18.9 Å². The number of hydrogen-bond donors (Lipinski definition) is 0. The van der Waals surface area contributed by atoms with Gasteiger partial charge in [-0.1, -0.05) is 37.3 Å². The van der Waals surface area contributed by atoms with Crippen LogP contribution in [0.4, 0.5) is 0 Å². The molecule has 0 bridgehead atoms. The third kappa shape index (κ3) is 3.60. The molecule has 0 aliphatic carbocycles. The van der Waals surface area contributed by atoms with E-state index in [4.69, 9.17) is 0 Å². The molecule has 0 aromatic heterocycles. The van der Waals surface area contributed by atoms with Crippen molar-refractivity contribution in [3.05, 3.63) is 35.9 Å². The van der Waals surface area contributed by atoms with E-state index in [1.807, 2.05) is 24.6 Å². The Labute approximate surface area is 85.5 Å². The number of amides is 1. The minimum atomic E-state index is 0.765. The molecule has 75 valence electrons. The van der Waals surface area contributed by atoms with Gasteiger partial charge in [0.15, 0.2) is 0 Å². The summed E-state index contributed by atoms with van der Waals surface area (Å²) in [5.41, 5.74) is 1.27. The molecule has 0 fully saturated rings. The van der Waals surface area contributed by atoms with Crippen LogP contribution in [0.25, 0.3) is 0 Å². The fourth-order valence-electron chi connectivity index (χ4n) is 1.38. The lowest BCUT2D eigenvalue weighted by Crippen LogP contribution is -2.25. The number of hydrogen-bond acceptors (Lipinski definition) is 1. The van der Waals surface area contributed by atoms with Crippen molar-refractivity contribution in [3.8, 4) is 0 Å². The summed E-state index contributed by atoms with van der Waals surface area (Å²) >= 11 is 0. The van der Waals surface area contributed by atoms with Crippen LogP contribution < -0.4 is 0 Å². The van der Waals surface area contributed by atoms with E-state index in [0.717, 1.165) is 25.9 Å². The van der Waals surface area contributed by atoms with Gasteiger partial charge in [-0.2, -0.15) is 0 Å². The van der Waals surface area contributed by atoms with Crippen LogP contribution in [0.5, 0.6) is 0 Å². The number of nitrogens with zero attached hydrogens (tertiary/aromatic N) is 1. The van der Waals surface area contributed by atoms with E-state index in [-0.39, 0.29) is 0 Å². The fraction of sp³-hybridized carbons (Fsp3) is 0.417. The van der Waals surface area contributed by atoms with Gasteiger partial charge in [0.2, 0.25) is 0 Å². The third-order valence-corrected chi connectivity index (χ3v) is 2.14. The van der Waals surface area contributed by atoms with Crippen molar-refractivity contribution >= 4 is 6.41 Å². The molecule has 0 saturated carbocycles. The highest BCUT2D eigenvalue weighted by Gasteiger charge is 2.00. The topological polar surface area (TPSA) is 20.3 Å². The average molecular weight is 190 g/mol. The lowest BCUT2D eigenvalue weighted by molar-refractivity contribution is 0.382. The number of rotatable bonds is 6. The lowest BCUT2D eigenvalue weighted by atomic mass is 10.1. The van der Waals surface area contributed by atoms with Crippen molar-refractivity contribution < 1.29 is 4.79 Å². The Morgan fingerprint density at radius 3 is 2.50 bits per heavy atom. The second-order valence-electron chi connectivity index (χ2n) is 3.31. The summed E-state index contributed by atoms with van der Waals surface area (Å²) in [6.07, 6.45) is 3.86. The Kier molecular flexibility index (Phi) is 4.76. The van der Waals surface area contributed by atoms with E-state index in [2.05, 4.69) is 19.1 Å². The summed E-state index contributed by atoms with van der Waals surface area (Å²) in [6, 6.07) is 10.2. The first-order valence-corrected chi connectivity index (χ1v) is 5.03. The maximum Gasteiger partial charge on any atom is 0.312 e. The van der Waals surface area contributed by atoms with Crippen molar-refractivity contribution in [1.82, 2.24) is 4.90 Å². The molecule has 0 N–H and O–H groups in total. The highest BCUT2D eigenvalue weighted by molar-refractivity contribution is 5.48. The maximum atomic E-state index is 10.5. The highest BCUT2D eigenvalue weighted by atomic mass is 16.1. The van der Waals surface area contributed by atoms with Gasteiger partial charge >= 0.3 is 6.41 Å². The fourth-order valence-corrected chi connectivity index (χ4v) is 1.38. The Hall–Kier alpha value is -1.31. The number of carbonyl (C=O) groups excluding carboxylic acids is 1. The van der Waals surface area contributed by atoms with Crippen molar-refractivity contribution in [2.75, 3.05) is 13.1 Å². The molecule has 1 amide bonds. The molecule has 1 aromatic rings. The zero-order chi connectivity index (χ0) is 10.2. The second-order valence-corrected chi connectivity index (χ2v) is 3.31. The van der Waals surface area contributed by atoms with Crippen LogP contribution in [0.3, 0.4) is 0 Å². The molecular formula is C12H16NO.